The van der Waals surface area contributed by atoms with Gasteiger partial charge in [-0.3, -0.25) is 0 Å². The third kappa shape index (κ3) is 1.79. The summed E-state index contributed by atoms with van der Waals surface area (Å²) in [5, 5.41) is 20.6. The molecule has 3 aliphatic rings. The first-order chi connectivity index (χ1) is 8.20. The van der Waals surface area contributed by atoms with Crippen LogP contribution in [0.3, 0.4) is 0 Å². The third-order valence-corrected chi connectivity index (χ3v) is 3.67. The minimum absolute atomic E-state index is 0.589. The molecule has 0 spiro atoms. The minimum atomic E-state index is -0.869. The van der Waals surface area contributed by atoms with Crippen LogP contribution in [0.15, 0.2) is 0 Å². The molecular weight excluding hydrogens is 240 g/mol. The van der Waals surface area contributed by atoms with Gasteiger partial charge in [0, 0.05) is 0 Å². The molecule has 3 fully saturated rings. The molecule has 4 unspecified atom stereocenters. The van der Waals surface area contributed by atoms with Crippen LogP contribution in [-0.2, 0) is 18.9 Å². The van der Waals surface area contributed by atoms with Crippen molar-refractivity contribution in [3.8, 4) is 0 Å². The molecule has 0 radical (unpaired) electrons. The zero-order valence-corrected chi connectivity index (χ0v) is 11.0. The highest BCUT2D eigenvalue weighted by Gasteiger charge is 2.62. The lowest BCUT2D eigenvalue weighted by Crippen LogP contribution is -2.61. The van der Waals surface area contributed by atoms with E-state index in [1.807, 2.05) is 0 Å². The number of fused-ring (bicyclic) bond motifs is 2. The SMILES string of the molecule is CC1(C)OC2C(O)[C@@H]3OC(C)(C)OC3C(O)[C@@H]2O1. The standard InChI is InChI=1S/C12H20O6/c1-11(2)15-7-5(13)9-10(6(14)8(7)16-11)18-12(3,4)17-9/h5-10,13-14H,1-4H3/t5?,6?,7-,8?,9?,10-/m0/s1. The van der Waals surface area contributed by atoms with E-state index in [-0.39, 0.29) is 0 Å². The predicted octanol–water partition coefficient (Wildman–Crippen LogP) is -0.238. The Balaban J connectivity index is 1.88. The van der Waals surface area contributed by atoms with Crippen LogP contribution < -0.4 is 0 Å². The lowest BCUT2D eigenvalue weighted by Gasteiger charge is -2.38. The van der Waals surface area contributed by atoms with Gasteiger partial charge >= 0.3 is 0 Å². The second-order valence-electron chi connectivity index (χ2n) is 6.11. The maximum atomic E-state index is 10.3. The highest BCUT2D eigenvalue weighted by atomic mass is 16.8. The molecule has 104 valence electrons. The van der Waals surface area contributed by atoms with Gasteiger partial charge in [-0.2, -0.15) is 0 Å². The van der Waals surface area contributed by atoms with Crippen LogP contribution in [-0.4, -0.2) is 58.4 Å². The van der Waals surface area contributed by atoms with Gasteiger partial charge in [-0.1, -0.05) is 0 Å². The van der Waals surface area contributed by atoms with E-state index in [0.29, 0.717) is 0 Å². The van der Waals surface area contributed by atoms with E-state index in [2.05, 4.69) is 0 Å². The molecule has 2 saturated heterocycles. The van der Waals surface area contributed by atoms with Crippen LogP contribution in [0.2, 0.25) is 0 Å². The van der Waals surface area contributed by atoms with Crippen molar-refractivity contribution >= 4 is 0 Å². The van der Waals surface area contributed by atoms with Gasteiger partial charge in [-0.25, -0.2) is 0 Å². The number of rotatable bonds is 0. The molecule has 2 heterocycles. The first kappa shape index (κ1) is 12.8. The molecule has 0 aromatic carbocycles. The van der Waals surface area contributed by atoms with Crippen molar-refractivity contribution in [1.29, 1.82) is 0 Å². The van der Waals surface area contributed by atoms with Crippen molar-refractivity contribution < 1.29 is 29.2 Å². The summed E-state index contributed by atoms with van der Waals surface area (Å²) in [5.74, 6) is -1.63. The zero-order chi connectivity index (χ0) is 13.3. The number of aliphatic hydroxyl groups is 2. The fraction of sp³-hybridized carbons (Fsp3) is 1.00. The topological polar surface area (TPSA) is 77.4 Å². The summed E-state index contributed by atoms with van der Waals surface area (Å²) in [4.78, 5) is 0. The fourth-order valence-corrected chi connectivity index (χ4v) is 3.06. The molecule has 18 heavy (non-hydrogen) atoms. The van der Waals surface area contributed by atoms with Gasteiger partial charge in [-0.05, 0) is 27.7 Å². The van der Waals surface area contributed by atoms with Crippen molar-refractivity contribution in [3.63, 3.8) is 0 Å². The van der Waals surface area contributed by atoms with Crippen molar-refractivity contribution in [2.75, 3.05) is 0 Å². The Morgan fingerprint density at radius 2 is 0.833 bits per heavy atom. The number of hydrogen-bond donors (Lipinski definition) is 2. The summed E-state index contributed by atoms with van der Waals surface area (Å²) >= 11 is 0. The van der Waals surface area contributed by atoms with Crippen LogP contribution in [0.25, 0.3) is 0 Å². The van der Waals surface area contributed by atoms with E-state index in [0.717, 1.165) is 0 Å². The van der Waals surface area contributed by atoms with Gasteiger partial charge in [0.15, 0.2) is 11.6 Å². The molecule has 1 aliphatic carbocycles. The summed E-state index contributed by atoms with van der Waals surface area (Å²) in [5.41, 5.74) is 0. The first-order valence-electron chi connectivity index (χ1n) is 6.28. The van der Waals surface area contributed by atoms with E-state index < -0.39 is 48.2 Å². The van der Waals surface area contributed by atoms with E-state index in [9.17, 15) is 10.2 Å². The number of hydrogen-bond acceptors (Lipinski definition) is 6. The zero-order valence-electron chi connectivity index (χ0n) is 11.0. The highest BCUT2D eigenvalue weighted by molar-refractivity contribution is 5.07. The van der Waals surface area contributed by atoms with Crippen molar-refractivity contribution in [2.24, 2.45) is 0 Å². The molecule has 6 nitrogen and oxygen atoms in total. The molecule has 0 bridgehead atoms. The van der Waals surface area contributed by atoms with Crippen LogP contribution in [0.4, 0.5) is 0 Å². The normalized spacial score (nSPS) is 53.0. The van der Waals surface area contributed by atoms with Crippen LogP contribution in [0, 0.1) is 0 Å². The molecular formula is C12H20O6. The lowest BCUT2D eigenvalue weighted by molar-refractivity contribution is -0.183. The van der Waals surface area contributed by atoms with E-state index in [1.54, 1.807) is 27.7 Å². The Morgan fingerprint density at radius 1 is 0.611 bits per heavy atom. The molecule has 0 amide bonds. The molecule has 6 atom stereocenters. The number of ether oxygens (including phenoxy) is 4. The smallest absolute Gasteiger partial charge is 0.164 e. The van der Waals surface area contributed by atoms with E-state index >= 15 is 0 Å². The molecule has 0 aromatic rings. The summed E-state index contributed by atoms with van der Waals surface area (Å²) in [6.45, 7) is 7.02. The average molecular weight is 260 g/mol. The maximum absolute atomic E-state index is 10.3. The monoisotopic (exact) mass is 260 g/mol. The molecule has 2 N–H and O–H groups in total. The number of aliphatic hydroxyl groups excluding tert-OH is 2. The van der Waals surface area contributed by atoms with Crippen LogP contribution in [0.5, 0.6) is 0 Å². The Hall–Kier alpha value is -0.240. The van der Waals surface area contributed by atoms with Gasteiger partial charge < -0.3 is 29.2 Å². The summed E-state index contributed by atoms with van der Waals surface area (Å²) < 4.78 is 22.6. The summed E-state index contributed by atoms with van der Waals surface area (Å²) in [6, 6.07) is 0. The van der Waals surface area contributed by atoms with Crippen LogP contribution >= 0.6 is 0 Å². The highest BCUT2D eigenvalue weighted by Crippen LogP contribution is 2.43. The Bertz CT molecular complexity index is 292. The van der Waals surface area contributed by atoms with Gasteiger partial charge in [-0.15, -0.1) is 0 Å². The second-order valence-corrected chi connectivity index (χ2v) is 6.11. The molecule has 2 aliphatic heterocycles. The van der Waals surface area contributed by atoms with Gasteiger partial charge in [0.05, 0.1) is 0 Å². The van der Waals surface area contributed by atoms with Crippen molar-refractivity contribution in [1.82, 2.24) is 0 Å². The molecule has 3 rings (SSSR count). The van der Waals surface area contributed by atoms with E-state index in [1.165, 1.54) is 0 Å². The third-order valence-electron chi connectivity index (χ3n) is 3.67. The fourth-order valence-electron chi connectivity index (χ4n) is 3.06. The van der Waals surface area contributed by atoms with Gasteiger partial charge in [0.1, 0.15) is 36.6 Å². The quantitative estimate of drug-likeness (QED) is 0.626. The average Bonchev–Trinajstić information content (AvgIpc) is 2.72. The van der Waals surface area contributed by atoms with Crippen molar-refractivity contribution in [2.45, 2.75) is 75.9 Å². The summed E-state index contributed by atoms with van der Waals surface area (Å²) in [7, 11) is 0. The van der Waals surface area contributed by atoms with E-state index in [4.69, 9.17) is 18.9 Å². The first-order valence-corrected chi connectivity index (χ1v) is 6.28. The Kier molecular flexibility index (Phi) is 2.59. The largest absolute Gasteiger partial charge is 0.387 e. The maximum Gasteiger partial charge on any atom is 0.164 e. The predicted molar refractivity (Wildman–Crippen MR) is 59.7 cm³/mol. The van der Waals surface area contributed by atoms with Gasteiger partial charge in [0.25, 0.3) is 0 Å². The molecule has 1 saturated carbocycles. The van der Waals surface area contributed by atoms with Gasteiger partial charge in [0.2, 0.25) is 0 Å². The second kappa shape index (κ2) is 3.65. The summed E-state index contributed by atoms with van der Waals surface area (Å²) in [6.07, 6.45) is -4.09. The Morgan fingerprint density at radius 3 is 1.06 bits per heavy atom. The molecule has 0 aromatic heterocycles. The lowest BCUT2D eigenvalue weighted by atomic mass is 9.85. The minimum Gasteiger partial charge on any atom is -0.387 e. The van der Waals surface area contributed by atoms with Crippen LogP contribution in [0.1, 0.15) is 27.7 Å². The molecule has 6 heteroatoms. The Labute approximate surface area is 106 Å². The van der Waals surface area contributed by atoms with Crippen molar-refractivity contribution in [3.05, 3.63) is 0 Å².